The van der Waals surface area contributed by atoms with Crippen molar-refractivity contribution in [1.29, 1.82) is 0 Å². The summed E-state index contributed by atoms with van der Waals surface area (Å²) in [5.41, 5.74) is 0.833. The molecular formula is C19H25N3O4. The molecule has 2 N–H and O–H groups in total. The number of aromatic nitrogens is 2. The highest BCUT2D eigenvalue weighted by Gasteiger charge is 2.28. The van der Waals surface area contributed by atoms with Crippen molar-refractivity contribution >= 4 is 5.91 Å². The molecule has 0 aliphatic carbocycles. The lowest BCUT2D eigenvalue weighted by molar-refractivity contribution is -0.124. The molecule has 1 saturated heterocycles. The number of rotatable bonds is 8. The Morgan fingerprint density at radius 3 is 2.96 bits per heavy atom. The highest BCUT2D eigenvalue weighted by Crippen LogP contribution is 2.19. The number of imidazole rings is 1. The van der Waals surface area contributed by atoms with Crippen molar-refractivity contribution in [3.05, 3.63) is 48.5 Å². The van der Waals surface area contributed by atoms with E-state index in [1.54, 1.807) is 12.5 Å². The fraction of sp³-hybridized carbons (Fsp3) is 0.474. The standard InChI is InChI=1S/C19H25N3O4/c23-12-15-3-5-16(6-4-15)26-18-13-25-11-7-17(18)21-19(24)2-1-9-22-10-8-20-14-22/h3-6,8,10,14,17-18,23H,1-2,7,9,11-13H2,(H,21,24)/t17-,18-/m1/s1. The van der Waals surface area contributed by atoms with E-state index in [2.05, 4.69) is 10.3 Å². The van der Waals surface area contributed by atoms with E-state index in [0.717, 1.165) is 24.9 Å². The Labute approximate surface area is 153 Å². The van der Waals surface area contributed by atoms with E-state index in [-0.39, 0.29) is 24.7 Å². The lowest BCUT2D eigenvalue weighted by Gasteiger charge is -2.32. The van der Waals surface area contributed by atoms with Crippen LogP contribution >= 0.6 is 0 Å². The molecule has 2 atom stereocenters. The van der Waals surface area contributed by atoms with Gasteiger partial charge < -0.3 is 24.5 Å². The summed E-state index contributed by atoms with van der Waals surface area (Å²) < 4.78 is 13.5. The number of aliphatic hydroxyl groups is 1. The molecule has 3 rings (SSSR count). The number of nitrogens with one attached hydrogen (secondary N) is 1. The first kappa shape index (κ1) is 18.4. The maximum absolute atomic E-state index is 12.3. The van der Waals surface area contributed by atoms with Crippen LogP contribution in [0.1, 0.15) is 24.8 Å². The zero-order valence-corrected chi connectivity index (χ0v) is 14.7. The normalized spacial score (nSPS) is 19.9. The summed E-state index contributed by atoms with van der Waals surface area (Å²) in [6.45, 7) is 1.84. The summed E-state index contributed by atoms with van der Waals surface area (Å²) in [5.74, 6) is 0.735. The molecule has 1 fully saturated rings. The highest BCUT2D eigenvalue weighted by molar-refractivity contribution is 5.76. The van der Waals surface area contributed by atoms with Crippen molar-refractivity contribution in [2.45, 2.75) is 44.6 Å². The van der Waals surface area contributed by atoms with Crippen LogP contribution in [-0.4, -0.2) is 45.9 Å². The minimum atomic E-state index is -0.221. The Hall–Kier alpha value is -2.38. The second kappa shape index (κ2) is 9.35. The van der Waals surface area contributed by atoms with Crippen LogP contribution in [0, 0.1) is 0 Å². The Bertz CT molecular complexity index is 673. The second-order valence-electron chi connectivity index (χ2n) is 6.40. The van der Waals surface area contributed by atoms with Gasteiger partial charge in [0.2, 0.25) is 5.91 Å². The van der Waals surface area contributed by atoms with Crippen molar-refractivity contribution in [2.24, 2.45) is 0 Å². The Morgan fingerprint density at radius 1 is 1.38 bits per heavy atom. The van der Waals surface area contributed by atoms with E-state index in [1.807, 2.05) is 35.0 Å². The van der Waals surface area contributed by atoms with E-state index in [4.69, 9.17) is 14.6 Å². The lowest BCUT2D eigenvalue weighted by Crippen LogP contribution is -2.51. The van der Waals surface area contributed by atoms with Gasteiger partial charge in [-0.2, -0.15) is 0 Å². The number of hydrogen-bond donors (Lipinski definition) is 2. The average molecular weight is 359 g/mol. The van der Waals surface area contributed by atoms with Gasteiger partial charge >= 0.3 is 0 Å². The van der Waals surface area contributed by atoms with Gasteiger partial charge in [-0.3, -0.25) is 4.79 Å². The number of aliphatic hydroxyl groups excluding tert-OH is 1. The van der Waals surface area contributed by atoms with Crippen LogP contribution in [0.2, 0.25) is 0 Å². The van der Waals surface area contributed by atoms with E-state index < -0.39 is 0 Å². The number of hydrogen-bond acceptors (Lipinski definition) is 5. The Balaban J connectivity index is 1.48. The maximum atomic E-state index is 12.3. The third kappa shape index (κ3) is 5.31. The summed E-state index contributed by atoms with van der Waals surface area (Å²) in [5, 5.41) is 12.2. The first-order valence-corrected chi connectivity index (χ1v) is 8.94. The molecule has 1 aromatic heterocycles. The molecule has 26 heavy (non-hydrogen) atoms. The van der Waals surface area contributed by atoms with Gasteiger partial charge in [-0.05, 0) is 30.5 Å². The van der Waals surface area contributed by atoms with Crippen molar-refractivity contribution in [3.8, 4) is 5.75 Å². The van der Waals surface area contributed by atoms with E-state index in [9.17, 15) is 4.79 Å². The topological polar surface area (TPSA) is 85.6 Å². The van der Waals surface area contributed by atoms with Crippen molar-refractivity contribution in [3.63, 3.8) is 0 Å². The molecule has 0 unspecified atom stereocenters. The number of carbonyl (C=O) groups excluding carboxylic acids is 1. The van der Waals surface area contributed by atoms with E-state index >= 15 is 0 Å². The lowest BCUT2D eigenvalue weighted by atomic mass is 10.1. The third-order valence-corrected chi connectivity index (χ3v) is 4.42. The first-order chi connectivity index (χ1) is 12.7. The van der Waals surface area contributed by atoms with Gasteiger partial charge in [-0.15, -0.1) is 0 Å². The summed E-state index contributed by atoms with van der Waals surface area (Å²) >= 11 is 0. The SMILES string of the molecule is O=C(CCCn1ccnc1)N[C@@H]1CCOC[C@H]1Oc1ccc(CO)cc1. The molecule has 140 valence electrons. The minimum Gasteiger partial charge on any atom is -0.486 e. The number of amides is 1. The van der Waals surface area contributed by atoms with Crippen molar-refractivity contribution < 1.29 is 19.4 Å². The van der Waals surface area contributed by atoms with Crippen LogP contribution in [0.15, 0.2) is 43.0 Å². The van der Waals surface area contributed by atoms with Crippen LogP contribution in [-0.2, 0) is 22.7 Å². The van der Waals surface area contributed by atoms with Crippen LogP contribution in [0.25, 0.3) is 0 Å². The highest BCUT2D eigenvalue weighted by atomic mass is 16.5. The van der Waals surface area contributed by atoms with Crippen LogP contribution in [0.4, 0.5) is 0 Å². The van der Waals surface area contributed by atoms with Gasteiger partial charge in [-0.25, -0.2) is 4.98 Å². The number of aryl methyl sites for hydroxylation is 1. The molecule has 0 bridgehead atoms. The summed E-state index contributed by atoms with van der Waals surface area (Å²) in [6.07, 6.45) is 7.11. The quantitative estimate of drug-likeness (QED) is 0.746. The van der Waals surface area contributed by atoms with Gasteiger partial charge in [0.1, 0.15) is 11.9 Å². The van der Waals surface area contributed by atoms with Crippen LogP contribution in [0.5, 0.6) is 5.75 Å². The minimum absolute atomic E-state index is 0.00454. The van der Waals surface area contributed by atoms with E-state index in [1.165, 1.54) is 0 Å². The molecule has 0 spiro atoms. The zero-order chi connectivity index (χ0) is 18.2. The zero-order valence-electron chi connectivity index (χ0n) is 14.7. The smallest absolute Gasteiger partial charge is 0.220 e. The fourth-order valence-electron chi connectivity index (χ4n) is 2.96. The molecule has 1 amide bonds. The van der Waals surface area contributed by atoms with Crippen LogP contribution in [0.3, 0.4) is 0 Å². The number of benzene rings is 1. The van der Waals surface area contributed by atoms with Gasteiger partial charge in [0, 0.05) is 32.0 Å². The second-order valence-corrected chi connectivity index (χ2v) is 6.40. The fourth-order valence-corrected chi connectivity index (χ4v) is 2.96. The van der Waals surface area contributed by atoms with E-state index in [0.29, 0.717) is 25.4 Å². The summed E-state index contributed by atoms with van der Waals surface area (Å²) in [4.78, 5) is 16.3. The number of carbonyl (C=O) groups is 1. The van der Waals surface area contributed by atoms with Crippen molar-refractivity contribution in [1.82, 2.24) is 14.9 Å². The molecule has 7 nitrogen and oxygen atoms in total. The largest absolute Gasteiger partial charge is 0.486 e. The number of ether oxygens (including phenoxy) is 2. The molecule has 2 aromatic rings. The average Bonchev–Trinajstić information content (AvgIpc) is 3.17. The van der Waals surface area contributed by atoms with Gasteiger partial charge in [0.25, 0.3) is 0 Å². The summed E-state index contributed by atoms with van der Waals surface area (Å²) in [7, 11) is 0. The molecule has 7 heteroatoms. The molecule has 2 heterocycles. The third-order valence-electron chi connectivity index (χ3n) is 4.42. The molecule has 1 aliphatic rings. The van der Waals surface area contributed by atoms with Crippen molar-refractivity contribution in [2.75, 3.05) is 13.2 Å². The number of nitrogens with zero attached hydrogens (tertiary/aromatic N) is 2. The molecule has 0 saturated carbocycles. The van der Waals surface area contributed by atoms with Crippen LogP contribution < -0.4 is 10.1 Å². The monoisotopic (exact) mass is 359 g/mol. The molecule has 1 aliphatic heterocycles. The summed E-state index contributed by atoms with van der Waals surface area (Å²) in [6, 6.07) is 7.22. The van der Waals surface area contributed by atoms with Gasteiger partial charge in [-0.1, -0.05) is 12.1 Å². The molecule has 1 aromatic carbocycles. The Kier molecular flexibility index (Phi) is 6.62. The predicted molar refractivity (Wildman–Crippen MR) is 95.6 cm³/mol. The first-order valence-electron chi connectivity index (χ1n) is 8.94. The Morgan fingerprint density at radius 2 is 2.23 bits per heavy atom. The van der Waals surface area contributed by atoms with Gasteiger partial charge in [0.15, 0.2) is 0 Å². The van der Waals surface area contributed by atoms with Gasteiger partial charge in [0.05, 0.1) is 25.6 Å². The molecular weight excluding hydrogens is 334 g/mol. The maximum Gasteiger partial charge on any atom is 0.220 e. The predicted octanol–water partition coefficient (Wildman–Crippen LogP) is 1.51. The molecule has 0 radical (unpaired) electrons.